The van der Waals surface area contributed by atoms with E-state index in [0.29, 0.717) is 19.0 Å². The summed E-state index contributed by atoms with van der Waals surface area (Å²) in [5.41, 5.74) is 0.729. The summed E-state index contributed by atoms with van der Waals surface area (Å²) in [6.07, 6.45) is 2.15. The monoisotopic (exact) mass is 493 g/mol. The maximum Gasteiger partial charge on any atom is 0.243 e. The van der Waals surface area contributed by atoms with Gasteiger partial charge < -0.3 is 9.47 Å². The number of nitrogens with zero attached hydrogens (tertiary/aromatic N) is 1. The van der Waals surface area contributed by atoms with Gasteiger partial charge in [0, 0.05) is 31.0 Å². The lowest BCUT2D eigenvalue weighted by molar-refractivity contribution is 0.0926. The highest BCUT2D eigenvalue weighted by molar-refractivity contribution is 7.89. The molecule has 2 aromatic carbocycles. The summed E-state index contributed by atoms with van der Waals surface area (Å²) in [5, 5.41) is 2.02. The van der Waals surface area contributed by atoms with Crippen LogP contribution in [0.15, 0.2) is 64.9 Å². The third-order valence-electron chi connectivity index (χ3n) is 5.41. The van der Waals surface area contributed by atoms with Crippen molar-refractivity contribution in [1.29, 1.82) is 0 Å². The molecule has 1 aliphatic heterocycles. The first-order valence-corrected chi connectivity index (χ1v) is 13.0. The second kappa shape index (κ2) is 10.7. The van der Waals surface area contributed by atoms with Gasteiger partial charge in [0.25, 0.3) is 0 Å². The number of ether oxygens (including phenoxy) is 2. The smallest absolute Gasteiger partial charge is 0.243 e. The molecule has 1 aliphatic rings. The minimum absolute atomic E-state index is 0.0588. The minimum Gasteiger partial charge on any atom is -0.493 e. The molecule has 0 N–H and O–H groups in total. The summed E-state index contributed by atoms with van der Waals surface area (Å²) in [7, 11) is -4.08. The molecular weight excluding hydrogens is 468 g/mol. The van der Waals surface area contributed by atoms with Crippen molar-refractivity contribution in [2.45, 2.75) is 36.8 Å². The molecule has 33 heavy (non-hydrogen) atoms. The SMILES string of the molecule is O=S(=O)(c1ccc(F)c(F)c1)N(Cc1cccc(OCCc2cccs2)c1)CC1CCCO1. The number of benzene rings is 2. The first-order valence-electron chi connectivity index (χ1n) is 10.7. The molecule has 9 heteroatoms. The Kier molecular flexibility index (Phi) is 7.75. The normalized spacial score (nSPS) is 16.4. The molecule has 1 atom stereocenters. The van der Waals surface area contributed by atoms with E-state index in [1.807, 2.05) is 29.6 Å². The first-order chi connectivity index (χ1) is 15.9. The predicted molar refractivity (Wildman–Crippen MR) is 123 cm³/mol. The van der Waals surface area contributed by atoms with Crippen LogP contribution in [0.2, 0.25) is 0 Å². The topological polar surface area (TPSA) is 55.8 Å². The summed E-state index contributed by atoms with van der Waals surface area (Å²) in [6.45, 7) is 1.28. The molecule has 1 saturated heterocycles. The van der Waals surface area contributed by atoms with Crippen molar-refractivity contribution in [3.8, 4) is 5.75 Å². The first kappa shape index (κ1) is 23.8. The van der Waals surface area contributed by atoms with E-state index in [2.05, 4.69) is 6.07 Å². The van der Waals surface area contributed by atoms with E-state index in [4.69, 9.17) is 9.47 Å². The van der Waals surface area contributed by atoms with Gasteiger partial charge in [-0.2, -0.15) is 4.31 Å². The van der Waals surface area contributed by atoms with Gasteiger partial charge in [0.15, 0.2) is 11.6 Å². The molecule has 2 heterocycles. The van der Waals surface area contributed by atoms with Crippen LogP contribution >= 0.6 is 11.3 Å². The highest BCUT2D eigenvalue weighted by atomic mass is 32.2. The largest absolute Gasteiger partial charge is 0.493 e. The molecule has 1 aromatic heterocycles. The number of halogens is 2. The number of hydrogen-bond acceptors (Lipinski definition) is 5. The second-order valence-corrected chi connectivity index (χ2v) is 10.8. The van der Waals surface area contributed by atoms with Gasteiger partial charge in [-0.1, -0.05) is 18.2 Å². The zero-order valence-corrected chi connectivity index (χ0v) is 19.6. The zero-order chi connectivity index (χ0) is 23.3. The number of sulfonamides is 1. The zero-order valence-electron chi connectivity index (χ0n) is 18.0. The van der Waals surface area contributed by atoms with Crippen LogP contribution in [0.1, 0.15) is 23.3 Å². The Morgan fingerprint density at radius 1 is 1.09 bits per heavy atom. The van der Waals surface area contributed by atoms with Crippen LogP contribution in [0, 0.1) is 11.6 Å². The Bertz CT molecular complexity index is 1160. The molecule has 5 nitrogen and oxygen atoms in total. The van der Waals surface area contributed by atoms with Gasteiger partial charge in [-0.15, -0.1) is 11.3 Å². The van der Waals surface area contributed by atoms with E-state index in [-0.39, 0.29) is 24.1 Å². The van der Waals surface area contributed by atoms with E-state index < -0.39 is 21.7 Å². The summed E-state index contributed by atoms with van der Waals surface area (Å²) in [5.74, 6) is -1.65. The van der Waals surface area contributed by atoms with Gasteiger partial charge >= 0.3 is 0 Å². The van der Waals surface area contributed by atoms with Crippen LogP contribution in [0.4, 0.5) is 8.78 Å². The Hall–Kier alpha value is -2.33. The molecule has 3 aromatic rings. The fourth-order valence-corrected chi connectivity index (χ4v) is 5.87. The Balaban J connectivity index is 1.51. The average Bonchev–Trinajstić information content (AvgIpc) is 3.50. The van der Waals surface area contributed by atoms with E-state index >= 15 is 0 Å². The van der Waals surface area contributed by atoms with Gasteiger partial charge in [-0.25, -0.2) is 17.2 Å². The predicted octanol–water partition coefficient (Wildman–Crippen LogP) is 5.02. The summed E-state index contributed by atoms with van der Waals surface area (Å²) in [6, 6.07) is 13.9. The standard InChI is InChI=1S/C24H25F2NO4S2/c25-23-9-8-22(15-24(23)26)33(28,29)27(17-20-6-2-11-30-20)16-18-4-1-5-19(14-18)31-12-10-21-7-3-13-32-21/h1,3-5,7-9,13-15,20H,2,6,10-12,16-17H2. The van der Waals surface area contributed by atoms with Gasteiger partial charge in [0.1, 0.15) is 5.75 Å². The lowest BCUT2D eigenvalue weighted by atomic mass is 10.2. The summed E-state index contributed by atoms with van der Waals surface area (Å²) < 4.78 is 66.6. The van der Waals surface area contributed by atoms with Crippen molar-refractivity contribution in [1.82, 2.24) is 4.31 Å². The van der Waals surface area contributed by atoms with E-state index in [1.165, 1.54) is 9.18 Å². The van der Waals surface area contributed by atoms with E-state index in [1.54, 1.807) is 17.4 Å². The van der Waals surface area contributed by atoms with Gasteiger partial charge in [-0.3, -0.25) is 0 Å². The number of thiophene rings is 1. The Labute approximate surface area is 196 Å². The summed E-state index contributed by atoms with van der Waals surface area (Å²) >= 11 is 1.67. The van der Waals surface area contributed by atoms with Crippen LogP contribution in [0.5, 0.6) is 5.75 Å². The van der Waals surface area contributed by atoms with Crippen LogP contribution in [0.25, 0.3) is 0 Å². The van der Waals surface area contributed by atoms with Crippen molar-refractivity contribution < 1.29 is 26.7 Å². The molecule has 0 radical (unpaired) electrons. The Morgan fingerprint density at radius 3 is 2.70 bits per heavy atom. The molecule has 0 saturated carbocycles. The number of hydrogen-bond donors (Lipinski definition) is 0. The fraction of sp³-hybridized carbons (Fsp3) is 0.333. The molecule has 4 rings (SSSR count). The van der Waals surface area contributed by atoms with E-state index in [0.717, 1.165) is 43.0 Å². The summed E-state index contributed by atoms with van der Waals surface area (Å²) in [4.78, 5) is 0.939. The molecule has 0 spiro atoms. The van der Waals surface area contributed by atoms with Crippen molar-refractivity contribution in [2.24, 2.45) is 0 Å². The minimum atomic E-state index is -4.08. The van der Waals surface area contributed by atoms with Crippen LogP contribution < -0.4 is 4.74 Å². The van der Waals surface area contributed by atoms with Crippen molar-refractivity contribution in [3.63, 3.8) is 0 Å². The van der Waals surface area contributed by atoms with Gasteiger partial charge in [-0.05, 0) is 60.2 Å². The van der Waals surface area contributed by atoms with Crippen LogP contribution in [-0.4, -0.2) is 38.6 Å². The van der Waals surface area contributed by atoms with Crippen molar-refractivity contribution in [3.05, 3.63) is 82.1 Å². The van der Waals surface area contributed by atoms with E-state index in [9.17, 15) is 17.2 Å². The van der Waals surface area contributed by atoms with Crippen molar-refractivity contribution in [2.75, 3.05) is 19.8 Å². The number of rotatable bonds is 10. The third kappa shape index (κ3) is 6.17. The van der Waals surface area contributed by atoms with Crippen LogP contribution in [-0.2, 0) is 27.7 Å². The molecule has 1 fully saturated rings. The maximum atomic E-state index is 13.8. The Morgan fingerprint density at radius 2 is 1.97 bits per heavy atom. The molecule has 0 bridgehead atoms. The highest BCUT2D eigenvalue weighted by Gasteiger charge is 2.30. The maximum absolute atomic E-state index is 13.8. The highest BCUT2D eigenvalue weighted by Crippen LogP contribution is 2.25. The molecule has 1 unspecified atom stereocenters. The molecule has 0 aliphatic carbocycles. The lowest BCUT2D eigenvalue weighted by Gasteiger charge is -2.25. The average molecular weight is 494 g/mol. The van der Waals surface area contributed by atoms with Gasteiger partial charge in [0.05, 0.1) is 17.6 Å². The quantitative estimate of drug-likeness (QED) is 0.398. The molecule has 0 amide bonds. The third-order valence-corrected chi connectivity index (χ3v) is 8.16. The second-order valence-electron chi connectivity index (χ2n) is 7.83. The van der Waals surface area contributed by atoms with Crippen LogP contribution in [0.3, 0.4) is 0 Å². The molecule has 176 valence electrons. The van der Waals surface area contributed by atoms with Crippen molar-refractivity contribution >= 4 is 21.4 Å². The van der Waals surface area contributed by atoms with Gasteiger partial charge in [0.2, 0.25) is 10.0 Å². The fourth-order valence-electron chi connectivity index (χ4n) is 3.71. The lowest BCUT2D eigenvalue weighted by Crippen LogP contribution is -2.37. The molecular formula is C24H25F2NO4S2.